The number of fused-ring (bicyclic) bond motifs is 1. The normalized spacial score (nSPS) is 18.1. The molecule has 1 aromatic carbocycles. The third-order valence-corrected chi connectivity index (χ3v) is 5.67. The molecule has 170 valence electrons. The van der Waals surface area contributed by atoms with Crippen LogP contribution in [-0.4, -0.2) is 81.4 Å². The van der Waals surface area contributed by atoms with Crippen molar-refractivity contribution in [1.82, 2.24) is 34.3 Å². The number of carbonyl (C=O) groups excluding carboxylic acids is 2. The Balaban J connectivity index is 1.66. The second-order valence-corrected chi connectivity index (χ2v) is 7.96. The number of guanidine groups is 1. The average molecular weight is 468 g/mol. The largest absolute Gasteiger partial charge is 0.859 e. The molecule has 3 heterocycles. The molecule has 2 N–H and O–H groups in total. The molecule has 1 atom stereocenters. The predicted octanol–water partition coefficient (Wildman–Crippen LogP) is -1.14. The van der Waals surface area contributed by atoms with Gasteiger partial charge in [-0.15, -0.1) is 5.10 Å². The highest BCUT2D eigenvalue weighted by Crippen LogP contribution is 2.18. The predicted molar refractivity (Wildman–Crippen MR) is 122 cm³/mol. The number of carbonyl (C=O) groups is 2. The van der Waals surface area contributed by atoms with E-state index in [1.54, 1.807) is 25.2 Å². The first kappa shape index (κ1) is 22.0. The number of nitrogens with zero attached hydrogens (tertiary/aromatic N) is 6. The molecule has 1 unspecified atom stereocenters. The smallest absolute Gasteiger partial charge is 0.421 e. The topological polar surface area (TPSA) is 143 Å². The summed E-state index contributed by atoms with van der Waals surface area (Å²) >= 11 is 5.18. The minimum atomic E-state index is -0.795. The third-order valence-electron chi connectivity index (χ3n) is 5.39. The van der Waals surface area contributed by atoms with Gasteiger partial charge in [0.2, 0.25) is 6.04 Å². The molecule has 2 aliphatic rings. The van der Waals surface area contributed by atoms with Crippen molar-refractivity contribution >= 4 is 42.2 Å². The maximum Gasteiger partial charge on any atom is 0.421 e. The highest BCUT2D eigenvalue weighted by molar-refractivity contribution is 7.71. The Morgan fingerprint density at radius 2 is 1.94 bits per heavy atom. The lowest BCUT2D eigenvalue weighted by atomic mass is 10.1. The van der Waals surface area contributed by atoms with Crippen LogP contribution in [0.1, 0.15) is 11.1 Å². The van der Waals surface area contributed by atoms with Gasteiger partial charge in [0.05, 0.1) is 18.8 Å². The molecule has 1 aromatic heterocycles. The van der Waals surface area contributed by atoms with Gasteiger partial charge in [-0.05, 0) is 42.7 Å². The summed E-state index contributed by atoms with van der Waals surface area (Å²) in [4.78, 5) is 43.3. The van der Waals surface area contributed by atoms with Crippen molar-refractivity contribution in [3.8, 4) is 11.6 Å². The zero-order valence-electron chi connectivity index (χ0n) is 18.2. The molecule has 0 saturated carbocycles. The quantitative estimate of drug-likeness (QED) is 0.251. The molecule has 1 saturated heterocycles. The highest BCUT2D eigenvalue weighted by atomic mass is 32.1. The number of hydrogen-bond acceptors (Lipinski definition) is 8. The summed E-state index contributed by atoms with van der Waals surface area (Å²) in [6.07, 6.45) is 1.06. The van der Waals surface area contributed by atoms with E-state index in [4.69, 9.17) is 12.2 Å². The van der Waals surface area contributed by atoms with Crippen molar-refractivity contribution in [3.05, 3.63) is 50.5 Å². The zero-order chi connectivity index (χ0) is 24.0. The Kier molecular flexibility index (Phi) is 5.36. The summed E-state index contributed by atoms with van der Waals surface area (Å²) in [6, 6.07) is 5.82. The van der Waals surface area contributed by atoms with Gasteiger partial charge in [0, 0.05) is 19.8 Å². The number of aromatic amines is 1. The summed E-state index contributed by atoms with van der Waals surface area (Å²) < 4.78 is 5.46. The number of hydrazone groups is 1. The molecule has 3 amide bonds. The van der Waals surface area contributed by atoms with Gasteiger partial charge in [0.15, 0.2) is 4.77 Å². The summed E-state index contributed by atoms with van der Waals surface area (Å²) in [7, 11) is 4.52. The van der Waals surface area contributed by atoms with Crippen LogP contribution >= 0.6 is 12.2 Å². The molecule has 0 radical (unpaired) electrons. The summed E-state index contributed by atoms with van der Waals surface area (Å²) in [5.41, 5.74) is 3.13. The molecule has 12 nitrogen and oxygen atoms in total. The third kappa shape index (κ3) is 3.58. The van der Waals surface area contributed by atoms with Gasteiger partial charge < -0.3 is 9.67 Å². The monoisotopic (exact) mass is 468 g/mol. The lowest BCUT2D eigenvalue weighted by Crippen LogP contribution is -2.63. The van der Waals surface area contributed by atoms with E-state index in [0.717, 1.165) is 16.7 Å². The van der Waals surface area contributed by atoms with E-state index >= 15 is 0 Å². The molecule has 4 rings (SSSR count). The van der Waals surface area contributed by atoms with Crippen LogP contribution in [0.25, 0.3) is 5.69 Å². The van der Waals surface area contributed by atoms with E-state index in [9.17, 15) is 19.5 Å². The van der Waals surface area contributed by atoms with E-state index in [1.165, 1.54) is 28.5 Å². The summed E-state index contributed by atoms with van der Waals surface area (Å²) in [6.45, 7) is 1.87. The van der Waals surface area contributed by atoms with Crippen LogP contribution in [0.4, 0.5) is 4.79 Å². The van der Waals surface area contributed by atoms with Gasteiger partial charge in [-0.2, -0.15) is 5.43 Å². The summed E-state index contributed by atoms with van der Waals surface area (Å²) in [5.74, 6) is -0.645. The molecule has 33 heavy (non-hydrogen) atoms. The SMILES string of the molecule is Cc1cccc(-n2c([O-])c(/C=N/NC3=[N+]=C4C(C(=O)N(C)C(=O)N4C)N3C)c(=O)[nH]c2=S)c1. The number of aromatic nitrogens is 2. The number of likely N-dealkylation sites (N-methyl/N-ethyl adjacent to an activating group) is 3. The molecule has 2 aromatic rings. The molecular formula is C20H20N8O4S. The second-order valence-electron chi connectivity index (χ2n) is 7.57. The first-order chi connectivity index (χ1) is 15.6. The number of rotatable bonds is 3. The van der Waals surface area contributed by atoms with Crippen LogP contribution in [0.5, 0.6) is 5.88 Å². The van der Waals surface area contributed by atoms with Gasteiger partial charge in [-0.1, -0.05) is 12.1 Å². The minimum Gasteiger partial charge on any atom is -0.859 e. The lowest BCUT2D eigenvalue weighted by molar-refractivity contribution is -0.278. The van der Waals surface area contributed by atoms with Crippen LogP contribution < -0.4 is 20.8 Å². The Hall–Kier alpha value is -4.22. The maximum absolute atomic E-state index is 13.0. The Labute approximate surface area is 192 Å². The van der Waals surface area contributed by atoms with Crippen LogP contribution in [0.2, 0.25) is 0 Å². The number of amides is 3. The first-order valence-electron chi connectivity index (χ1n) is 9.78. The van der Waals surface area contributed by atoms with E-state index in [0.29, 0.717) is 5.69 Å². The fourth-order valence-corrected chi connectivity index (χ4v) is 3.86. The van der Waals surface area contributed by atoms with Gasteiger partial charge in [-0.25, -0.2) is 19.3 Å². The molecule has 0 bridgehead atoms. The van der Waals surface area contributed by atoms with Crippen LogP contribution in [0.3, 0.4) is 0 Å². The zero-order valence-corrected chi connectivity index (χ0v) is 19.0. The fraction of sp³-hybridized carbons (Fsp3) is 0.250. The van der Waals surface area contributed by atoms with Gasteiger partial charge in [0.25, 0.3) is 11.5 Å². The van der Waals surface area contributed by atoms with Crippen molar-refractivity contribution in [2.24, 2.45) is 5.10 Å². The molecule has 0 aliphatic carbocycles. The number of urea groups is 1. The van der Waals surface area contributed by atoms with Crippen molar-refractivity contribution in [1.29, 1.82) is 0 Å². The van der Waals surface area contributed by atoms with Crippen LogP contribution in [0, 0.1) is 11.7 Å². The summed E-state index contributed by atoms with van der Waals surface area (Å²) in [5, 5.41) is 17.0. The number of hydrogen-bond donors (Lipinski definition) is 2. The standard InChI is InChI=1S/C20H20N8O4S/c1-10-6-5-7-11(8-10)28-16(30)12(15(29)23-19(28)33)9-21-24-18-22-14-13(25(18)2)17(31)27(4)20(32)26(14)3/h5-9,13H,1-4H3,(H2,21,23,29,30,33). The van der Waals surface area contributed by atoms with Crippen LogP contribution in [0.15, 0.2) is 34.2 Å². The number of amidine groups is 1. The number of benzene rings is 1. The number of nitrogens with one attached hydrogen (secondary N) is 2. The average Bonchev–Trinajstić information content (AvgIpc) is 3.09. The van der Waals surface area contributed by atoms with Crippen molar-refractivity contribution in [2.75, 3.05) is 21.1 Å². The van der Waals surface area contributed by atoms with E-state index in [2.05, 4.69) is 20.2 Å². The lowest BCUT2D eigenvalue weighted by Gasteiger charge is -2.30. The minimum absolute atomic E-state index is 0.0311. The molecular weight excluding hydrogens is 448 g/mol. The Morgan fingerprint density at radius 3 is 2.64 bits per heavy atom. The number of aryl methyl sites for hydroxylation is 1. The Morgan fingerprint density at radius 1 is 1.21 bits per heavy atom. The second kappa shape index (κ2) is 8.04. The number of imide groups is 1. The molecule has 13 heteroatoms. The van der Waals surface area contributed by atoms with Crippen LogP contribution in [-0.2, 0) is 4.79 Å². The van der Waals surface area contributed by atoms with E-state index < -0.39 is 29.4 Å². The van der Waals surface area contributed by atoms with Gasteiger partial charge >= 0.3 is 17.8 Å². The van der Waals surface area contributed by atoms with Crippen molar-refractivity contribution < 1.29 is 14.7 Å². The van der Waals surface area contributed by atoms with Gasteiger partial charge in [-0.3, -0.25) is 19.5 Å². The fourth-order valence-electron chi connectivity index (χ4n) is 3.58. The van der Waals surface area contributed by atoms with Gasteiger partial charge in [0.1, 0.15) is 0 Å². The molecule has 2 aliphatic heterocycles. The van der Waals surface area contributed by atoms with E-state index in [1.807, 2.05) is 13.0 Å². The van der Waals surface area contributed by atoms with Crippen molar-refractivity contribution in [3.63, 3.8) is 0 Å². The highest BCUT2D eigenvalue weighted by Gasteiger charge is 2.53. The maximum atomic E-state index is 13.0. The molecule has 0 spiro atoms. The molecule has 1 fully saturated rings. The number of H-pyrrole nitrogens is 1. The van der Waals surface area contributed by atoms with Crippen molar-refractivity contribution in [2.45, 2.75) is 13.0 Å². The Bertz CT molecular complexity index is 1400. The van der Waals surface area contributed by atoms with E-state index in [-0.39, 0.29) is 22.1 Å². The first-order valence-corrected chi connectivity index (χ1v) is 10.2.